The van der Waals surface area contributed by atoms with Crippen LogP contribution in [-0.2, 0) is 6.54 Å². The van der Waals surface area contributed by atoms with Gasteiger partial charge in [0.2, 0.25) is 0 Å². The first-order valence-corrected chi connectivity index (χ1v) is 5.52. The van der Waals surface area contributed by atoms with Crippen LogP contribution in [0.3, 0.4) is 0 Å². The highest BCUT2D eigenvalue weighted by Crippen LogP contribution is 2.15. The zero-order chi connectivity index (χ0) is 13.0. The number of hydrogen-bond donors (Lipinski definition) is 2. The Kier molecular flexibility index (Phi) is 4.07. The Labute approximate surface area is 103 Å². The summed E-state index contributed by atoms with van der Waals surface area (Å²) in [6.07, 6.45) is 1.49. The molecule has 0 saturated carbocycles. The summed E-state index contributed by atoms with van der Waals surface area (Å²) in [6, 6.07) is 6.22. The van der Waals surface area contributed by atoms with E-state index in [-0.39, 0.29) is 18.7 Å². The molecule has 2 aromatic rings. The van der Waals surface area contributed by atoms with Crippen molar-refractivity contribution in [3.8, 4) is 0 Å². The van der Waals surface area contributed by atoms with E-state index in [0.29, 0.717) is 5.76 Å². The third kappa shape index (κ3) is 2.94. The second-order valence-corrected chi connectivity index (χ2v) is 3.87. The summed E-state index contributed by atoms with van der Waals surface area (Å²) in [5.41, 5.74) is 0.208. The van der Waals surface area contributed by atoms with Gasteiger partial charge in [0.05, 0.1) is 18.9 Å². The van der Waals surface area contributed by atoms with Crippen LogP contribution in [0.4, 0.5) is 8.78 Å². The summed E-state index contributed by atoms with van der Waals surface area (Å²) in [6.45, 7) is -0.0834. The van der Waals surface area contributed by atoms with Crippen LogP contribution < -0.4 is 5.32 Å². The van der Waals surface area contributed by atoms with Gasteiger partial charge in [0.25, 0.3) is 0 Å². The lowest BCUT2D eigenvalue weighted by Gasteiger charge is -2.14. The first-order chi connectivity index (χ1) is 8.70. The van der Waals surface area contributed by atoms with Gasteiger partial charge in [-0.3, -0.25) is 0 Å². The van der Waals surface area contributed by atoms with Crippen molar-refractivity contribution in [1.82, 2.24) is 5.32 Å². The zero-order valence-corrected chi connectivity index (χ0v) is 9.57. The van der Waals surface area contributed by atoms with E-state index in [9.17, 15) is 13.9 Å². The van der Waals surface area contributed by atoms with Crippen LogP contribution in [0.15, 0.2) is 41.0 Å². The Morgan fingerprint density at radius 3 is 2.78 bits per heavy atom. The number of aliphatic hydroxyl groups excluding tert-OH is 1. The molecule has 1 unspecified atom stereocenters. The maximum absolute atomic E-state index is 13.4. The molecule has 1 atom stereocenters. The van der Waals surface area contributed by atoms with Crippen LogP contribution in [0.25, 0.3) is 0 Å². The molecule has 1 aromatic carbocycles. The van der Waals surface area contributed by atoms with E-state index in [4.69, 9.17) is 4.42 Å². The standard InChI is InChI=1S/C13H13F2NO2/c14-10-3-4-11(15)9(6-10)7-16-12(8-17)13-2-1-5-18-13/h1-6,12,16-17H,7-8H2. The normalized spacial score (nSPS) is 12.6. The van der Waals surface area contributed by atoms with E-state index in [1.54, 1.807) is 12.1 Å². The van der Waals surface area contributed by atoms with E-state index < -0.39 is 17.7 Å². The van der Waals surface area contributed by atoms with E-state index in [2.05, 4.69) is 5.32 Å². The van der Waals surface area contributed by atoms with Gasteiger partial charge >= 0.3 is 0 Å². The largest absolute Gasteiger partial charge is 0.468 e. The van der Waals surface area contributed by atoms with Crippen molar-refractivity contribution in [2.75, 3.05) is 6.61 Å². The lowest BCUT2D eigenvalue weighted by molar-refractivity contribution is 0.225. The summed E-state index contributed by atoms with van der Waals surface area (Å²) >= 11 is 0. The molecule has 2 rings (SSSR count). The predicted molar refractivity (Wildman–Crippen MR) is 61.7 cm³/mol. The molecule has 0 saturated heterocycles. The predicted octanol–water partition coefficient (Wildman–Crippen LogP) is 2.38. The quantitative estimate of drug-likeness (QED) is 0.860. The lowest BCUT2D eigenvalue weighted by atomic mass is 10.1. The summed E-state index contributed by atoms with van der Waals surface area (Å²) in [5.74, 6) is -0.430. The highest BCUT2D eigenvalue weighted by Gasteiger charge is 2.13. The number of aliphatic hydroxyl groups is 1. The van der Waals surface area contributed by atoms with E-state index in [1.165, 1.54) is 6.26 Å². The van der Waals surface area contributed by atoms with Crippen LogP contribution in [0.2, 0.25) is 0 Å². The first kappa shape index (κ1) is 12.7. The van der Waals surface area contributed by atoms with Crippen molar-refractivity contribution in [3.63, 3.8) is 0 Å². The molecular weight excluding hydrogens is 240 g/mol. The maximum atomic E-state index is 13.4. The number of hydrogen-bond acceptors (Lipinski definition) is 3. The molecule has 0 radical (unpaired) electrons. The Morgan fingerprint density at radius 1 is 1.28 bits per heavy atom. The second kappa shape index (κ2) is 5.75. The molecule has 0 amide bonds. The molecule has 18 heavy (non-hydrogen) atoms. The maximum Gasteiger partial charge on any atom is 0.127 e. The average molecular weight is 253 g/mol. The molecule has 0 aliphatic heterocycles. The van der Waals surface area contributed by atoms with E-state index in [0.717, 1.165) is 18.2 Å². The monoisotopic (exact) mass is 253 g/mol. The zero-order valence-electron chi connectivity index (χ0n) is 9.57. The Bertz CT molecular complexity index is 500. The fraction of sp³-hybridized carbons (Fsp3) is 0.231. The molecule has 0 fully saturated rings. The van der Waals surface area contributed by atoms with E-state index >= 15 is 0 Å². The molecule has 0 aliphatic carbocycles. The molecule has 0 aliphatic rings. The third-order valence-corrected chi connectivity index (χ3v) is 2.62. The van der Waals surface area contributed by atoms with Gasteiger partial charge in [0.15, 0.2) is 0 Å². The van der Waals surface area contributed by atoms with Gasteiger partial charge < -0.3 is 14.8 Å². The molecule has 2 N–H and O–H groups in total. The van der Waals surface area contributed by atoms with Gasteiger partial charge in [0.1, 0.15) is 17.4 Å². The average Bonchev–Trinajstić information content (AvgIpc) is 2.88. The third-order valence-electron chi connectivity index (χ3n) is 2.62. The molecule has 1 aromatic heterocycles. The van der Waals surface area contributed by atoms with Crippen molar-refractivity contribution >= 4 is 0 Å². The topological polar surface area (TPSA) is 45.4 Å². The molecular formula is C13H13F2NO2. The Balaban J connectivity index is 2.04. The summed E-state index contributed by atoms with van der Waals surface area (Å²) in [4.78, 5) is 0. The minimum Gasteiger partial charge on any atom is -0.468 e. The first-order valence-electron chi connectivity index (χ1n) is 5.52. The smallest absolute Gasteiger partial charge is 0.127 e. The highest BCUT2D eigenvalue weighted by atomic mass is 19.1. The van der Waals surface area contributed by atoms with Gasteiger partial charge in [-0.2, -0.15) is 0 Å². The van der Waals surface area contributed by atoms with Crippen molar-refractivity contribution < 1.29 is 18.3 Å². The van der Waals surface area contributed by atoms with Gasteiger partial charge in [-0.25, -0.2) is 8.78 Å². The van der Waals surface area contributed by atoms with Crippen LogP contribution in [0, 0.1) is 11.6 Å². The number of rotatable bonds is 5. The fourth-order valence-corrected chi connectivity index (χ4v) is 1.66. The molecule has 0 spiro atoms. The molecule has 96 valence electrons. The van der Waals surface area contributed by atoms with Gasteiger partial charge in [-0.1, -0.05) is 0 Å². The van der Waals surface area contributed by atoms with Crippen molar-refractivity contribution in [2.24, 2.45) is 0 Å². The molecule has 1 heterocycles. The van der Waals surface area contributed by atoms with Crippen LogP contribution in [-0.4, -0.2) is 11.7 Å². The Morgan fingerprint density at radius 2 is 2.11 bits per heavy atom. The minimum atomic E-state index is -0.494. The van der Waals surface area contributed by atoms with Crippen molar-refractivity contribution in [1.29, 1.82) is 0 Å². The molecule has 5 heteroatoms. The SMILES string of the molecule is OCC(NCc1cc(F)ccc1F)c1ccco1. The Hall–Kier alpha value is -1.72. The van der Waals surface area contributed by atoms with Crippen molar-refractivity contribution in [3.05, 3.63) is 59.6 Å². The van der Waals surface area contributed by atoms with E-state index in [1.807, 2.05) is 0 Å². The van der Waals surface area contributed by atoms with Gasteiger partial charge in [0, 0.05) is 12.1 Å². The van der Waals surface area contributed by atoms with Crippen LogP contribution in [0.1, 0.15) is 17.4 Å². The number of furan rings is 1. The van der Waals surface area contributed by atoms with Gasteiger partial charge in [-0.05, 0) is 30.3 Å². The molecule has 0 bridgehead atoms. The van der Waals surface area contributed by atoms with Crippen LogP contribution >= 0.6 is 0 Å². The van der Waals surface area contributed by atoms with Crippen LogP contribution in [0.5, 0.6) is 0 Å². The summed E-state index contributed by atoms with van der Waals surface area (Å²) in [5, 5.41) is 12.1. The second-order valence-electron chi connectivity index (χ2n) is 3.87. The van der Waals surface area contributed by atoms with Gasteiger partial charge in [-0.15, -0.1) is 0 Å². The molecule has 3 nitrogen and oxygen atoms in total. The summed E-state index contributed by atoms with van der Waals surface area (Å²) in [7, 11) is 0. The van der Waals surface area contributed by atoms with Crippen molar-refractivity contribution in [2.45, 2.75) is 12.6 Å². The number of nitrogens with one attached hydrogen (secondary N) is 1. The highest BCUT2D eigenvalue weighted by molar-refractivity contribution is 5.19. The number of benzene rings is 1. The minimum absolute atomic E-state index is 0.107. The number of halogens is 2. The fourth-order valence-electron chi connectivity index (χ4n) is 1.66. The lowest BCUT2D eigenvalue weighted by Crippen LogP contribution is -2.24. The summed E-state index contributed by atoms with van der Waals surface area (Å²) < 4.78 is 31.5.